The molecule has 134 valence electrons. The first-order valence-electron chi connectivity index (χ1n) is 8.70. The summed E-state index contributed by atoms with van der Waals surface area (Å²) in [7, 11) is 1.58. The summed E-state index contributed by atoms with van der Waals surface area (Å²) in [6, 6.07) is 8.84. The third-order valence-electron chi connectivity index (χ3n) is 5.17. The summed E-state index contributed by atoms with van der Waals surface area (Å²) in [5.74, 6) is 1.29. The first-order chi connectivity index (χ1) is 12.6. The van der Waals surface area contributed by atoms with Crippen molar-refractivity contribution in [1.82, 2.24) is 9.88 Å². The summed E-state index contributed by atoms with van der Waals surface area (Å²) in [4.78, 5) is 31.0. The van der Waals surface area contributed by atoms with Crippen LogP contribution in [0, 0.1) is 0 Å². The van der Waals surface area contributed by atoms with Crippen LogP contribution in [0.5, 0.6) is 11.5 Å². The number of carbonyl (C=O) groups excluding carboxylic acids is 2. The highest BCUT2D eigenvalue weighted by atomic mass is 16.5. The van der Waals surface area contributed by atoms with Gasteiger partial charge in [-0.05, 0) is 30.3 Å². The Labute approximate surface area is 151 Å². The van der Waals surface area contributed by atoms with Crippen molar-refractivity contribution >= 4 is 11.7 Å². The molecule has 6 nitrogen and oxygen atoms in total. The molecule has 0 unspecified atom stereocenters. The molecule has 3 heterocycles. The van der Waals surface area contributed by atoms with E-state index >= 15 is 0 Å². The number of pyridine rings is 1. The smallest absolute Gasteiger partial charge is 0.255 e. The Hall–Kier alpha value is -2.89. The minimum absolute atomic E-state index is 0.0276. The van der Waals surface area contributed by atoms with E-state index < -0.39 is 5.60 Å². The van der Waals surface area contributed by atoms with Gasteiger partial charge in [-0.1, -0.05) is 0 Å². The average Bonchev–Trinajstić information content (AvgIpc) is 2.68. The van der Waals surface area contributed by atoms with Gasteiger partial charge in [-0.2, -0.15) is 0 Å². The van der Waals surface area contributed by atoms with Crippen LogP contribution in [0.25, 0.3) is 0 Å². The number of carbonyl (C=O) groups is 2. The Bertz CT molecular complexity index is 842. The molecule has 1 saturated heterocycles. The molecule has 1 fully saturated rings. The molecule has 1 aromatic heterocycles. The fraction of sp³-hybridized carbons (Fsp3) is 0.350. The third kappa shape index (κ3) is 2.92. The molecule has 0 atom stereocenters. The van der Waals surface area contributed by atoms with E-state index in [1.807, 2.05) is 0 Å². The van der Waals surface area contributed by atoms with Gasteiger partial charge >= 0.3 is 0 Å². The number of piperidine rings is 1. The van der Waals surface area contributed by atoms with E-state index in [0.717, 1.165) is 0 Å². The van der Waals surface area contributed by atoms with Gasteiger partial charge in [0.05, 0.1) is 24.7 Å². The molecule has 0 radical (unpaired) electrons. The maximum Gasteiger partial charge on any atom is 0.255 e. The molecular weight excluding hydrogens is 332 g/mol. The number of likely N-dealkylation sites (tertiary alicyclic amines) is 1. The fourth-order valence-corrected chi connectivity index (χ4v) is 3.67. The van der Waals surface area contributed by atoms with E-state index in [2.05, 4.69) is 4.98 Å². The topological polar surface area (TPSA) is 68.7 Å². The molecule has 6 heteroatoms. The largest absolute Gasteiger partial charge is 0.497 e. The van der Waals surface area contributed by atoms with Crippen molar-refractivity contribution in [3.63, 3.8) is 0 Å². The lowest BCUT2D eigenvalue weighted by Gasteiger charge is -2.44. The van der Waals surface area contributed by atoms with Crippen LogP contribution in [0.2, 0.25) is 0 Å². The highest BCUT2D eigenvalue weighted by Crippen LogP contribution is 2.40. The first-order valence-corrected chi connectivity index (χ1v) is 8.70. The number of hydrogen-bond donors (Lipinski definition) is 0. The summed E-state index contributed by atoms with van der Waals surface area (Å²) in [5, 5.41) is 0. The van der Waals surface area contributed by atoms with E-state index in [1.54, 1.807) is 54.7 Å². The van der Waals surface area contributed by atoms with Gasteiger partial charge < -0.3 is 14.4 Å². The molecular formula is C20H20N2O4. The highest BCUT2D eigenvalue weighted by molar-refractivity contribution is 6.01. The minimum Gasteiger partial charge on any atom is -0.497 e. The van der Waals surface area contributed by atoms with Crippen LogP contribution < -0.4 is 9.47 Å². The van der Waals surface area contributed by atoms with E-state index in [4.69, 9.17) is 9.47 Å². The number of amides is 1. The van der Waals surface area contributed by atoms with E-state index in [0.29, 0.717) is 55.0 Å². The van der Waals surface area contributed by atoms with Crippen molar-refractivity contribution in [2.24, 2.45) is 0 Å². The number of benzene rings is 1. The predicted molar refractivity (Wildman–Crippen MR) is 94.7 cm³/mol. The molecule has 0 aliphatic carbocycles. The second-order valence-electron chi connectivity index (χ2n) is 6.78. The SMILES string of the molecule is COc1ccc2c(c1)C(=O)CC1(CCN(C(=O)c3cccnc3)CC1)O2. The number of aromatic nitrogens is 1. The van der Waals surface area contributed by atoms with Gasteiger partial charge in [-0.25, -0.2) is 0 Å². The van der Waals surface area contributed by atoms with Crippen molar-refractivity contribution in [3.05, 3.63) is 53.9 Å². The van der Waals surface area contributed by atoms with Crippen LogP contribution in [0.1, 0.15) is 40.0 Å². The minimum atomic E-state index is -0.523. The third-order valence-corrected chi connectivity index (χ3v) is 5.17. The molecule has 4 rings (SSSR count). The zero-order valence-corrected chi connectivity index (χ0v) is 14.6. The second kappa shape index (κ2) is 6.44. The predicted octanol–water partition coefficient (Wildman–Crippen LogP) is 2.73. The number of rotatable bonds is 2. The van der Waals surface area contributed by atoms with Gasteiger partial charge in [-0.15, -0.1) is 0 Å². The van der Waals surface area contributed by atoms with Crippen LogP contribution in [-0.4, -0.2) is 47.4 Å². The molecule has 2 aromatic rings. The Morgan fingerprint density at radius 2 is 2.08 bits per heavy atom. The lowest BCUT2D eigenvalue weighted by Crippen LogP contribution is -2.52. The van der Waals surface area contributed by atoms with Gasteiger partial charge in [0.2, 0.25) is 0 Å². The van der Waals surface area contributed by atoms with E-state index in [1.165, 1.54) is 0 Å². The van der Waals surface area contributed by atoms with Gasteiger partial charge in [0.1, 0.15) is 17.1 Å². The van der Waals surface area contributed by atoms with Crippen LogP contribution >= 0.6 is 0 Å². The van der Waals surface area contributed by atoms with Crippen molar-refractivity contribution in [2.75, 3.05) is 20.2 Å². The Kier molecular flexibility index (Phi) is 4.11. The molecule has 2 aliphatic heterocycles. The lowest BCUT2D eigenvalue weighted by molar-refractivity contribution is -0.00577. The summed E-state index contributed by atoms with van der Waals surface area (Å²) in [6.45, 7) is 1.12. The van der Waals surface area contributed by atoms with Crippen LogP contribution in [0.15, 0.2) is 42.7 Å². The average molecular weight is 352 g/mol. The standard InChI is InChI=1S/C20H20N2O4/c1-25-15-4-5-18-16(11-15)17(23)12-20(26-18)6-9-22(10-7-20)19(24)14-3-2-8-21-13-14/h2-5,8,11,13H,6-7,9-10,12H2,1H3. The molecule has 26 heavy (non-hydrogen) atoms. The zero-order valence-electron chi connectivity index (χ0n) is 14.6. The highest BCUT2D eigenvalue weighted by Gasteiger charge is 2.43. The lowest BCUT2D eigenvalue weighted by atomic mass is 9.82. The Morgan fingerprint density at radius 3 is 2.77 bits per heavy atom. The molecule has 0 saturated carbocycles. The monoisotopic (exact) mass is 352 g/mol. The zero-order chi connectivity index (χ0) is 18.1. The van der Waals surface area contributed by atoms with Crippen molar-refractivity contribution in [3.8, 4) is 11.5 Å². The molecule has 0 bridgehead atoms. The Balaban J connectivity index is 1.49. The van der Waals surface area contributed by atoms with Crippen LogP contribution in [0.3, 0.4) is 0 Å². The van der Waals surface area contributed by atoms with Gasteiger partial charge in [-0.3, -0.25) is 14.6 Å². The first kappa shape index (κ1) is 16.6. The van der Waals surface area contributed by atoms with Gasteiger partial charge in [0.25, 0.3) is 5.91 Å². The van der Waals surface area contributed by atoms with Gasteiger partial charge in [0.15, 0.2) is 5.78 Å². The number of ether oxygens (including phenoxy) is 2. The van der Waals surface area contributed by atoms with Crippen molar-refractivity contribution in [1.29, 1.82) is 0 Å². The van der Waals surface area contributed by atoms with E-state index in [-0.39, 0.29) is 11.7 Å². The van der Waals surface area contributed by atoms with Gasteiger partial charge in [0, 0.05) is 38.3 Å². The normalized spacial score (nSPS) is 18.2. The maximum absolute atomic E-state index is 12.6. The molecule has 2 aliphatic rings. The summed E-state index contributed by atoms with van der Waals surface area (Å²) >= 11 is 0. The number of fused-ring (bicyclic) bond motifs is 1. The quantitative estimate of drug-likeness (QED) is 0.831. The van der Waals surface area contributed by atoms with Crippen molar-refractivity contribution < 1.29 is 19.1 Å². The molecule has 0 N–H and O–H groups in total. The Morgan fingerprint density at radius 1 is 1.27 bits per heavy atom. The summed E-state index contributed by atoms with van der Waals surface area (Å²) < 4.78 is 11.4. The van der Waals surface area contributed by atoms with Crippen LogP contribution in [0.4, 0.5) is 0 Å². The molecule has 1 aromatic carbocycles. The second-order valence-corrected chi connectivity index (χ2v) is 6.78. The molecule has 1 amide bonds. The van der Waals surface area contributed by atoms with Crippen LogP contribution in [-0.2, 0) is 0 Å². The maximum atomic E-state index is 12.6. The number of ketones is 1. The number of hydrogen-bond acceptors (Lipinski definition) is 5. The van der Waals surface area contributed by atoms with E-state index in [9.17, 15) is 9.59 Å². The molecule has 1 spiro atoms. The number of Topliss-reactive ketones (excluding diaryl/α,β-unsaturated/α-hetero) is 1. The summed E-state index contributed by atoms with van der Waals surface area (Å²) in [5.41, 5.74) is 0.634. The summed E-state index contributed by atoms with van der Waals surface area (Å²) in [6.07, 6.45) is 4.83. The fourth-order valence-electron chi connectivity index (χ4n) is 3.67. The van der Waals surface area contributed by atoms with Crippen molar-refractivity contribution in [2.45, 2.75) is 24.9 Å². The number of methoxy groups -OCH3 is 1. The number of nitrogens with zero attached hydrogens (tertiary/aromatic N) is 2.